The third kappa shape index (κ3) is 3.18. The molecule has 0 atom stereocenters. The Morgan fingerprint density at radius 2 is 2.20 bits per heavy atom. The summed E-state index contributed by atoms with van der Waals surface area (Å²) >= 11 is 1.26. The van der Waals surface area contributed by atoms with E-state index in [1.807, 2.05) is 0 Å². The van der Waals surface area contributed by atoms with Crippen molar-refractivity contribution in [3.8, 4) is 0 Å². The fourth-order valence-electron chi connectivity index (χ4n) is 1.43. The van der Waals surface area contributed by atoms with Crippen LogP contribution in [0.15, 0.2) is 34.7 Å². The molecule has 0 bridgehead atoms. The lowest BCUT2D eigenvalue weighted by Crippen LogP contribution is -2.24. The van der Waals surface area contributed by atoms with Gasteiger partial charge in [0.05, 0.1) is 12.1 Å². The van der Waals surface area contributed by atoms with Gasteiger partial charge in [0.15, 0.2) is 0 Å². The number of hydrogen-bond donors (Lipinski definition) is 2. The molecular formula is C11H9FN2O4S2. The van der Waals surface area contributed by atoms with Gasteiger partial charge in [-0.05, 0) is 18.2 Å². The van der Waals surface area contributed by atoms with Crippen molar-refractivity contribution in [1.82, 2.24) is 9.71 Å². The summed E-state index contributed by atoms with van der Waals surface area (Å²) < 4.78 is 39.7. The van der Waals surface area contributed by atoms with Crippen molar-refractivity contribution in [1.29, 1.82) is 0 Å². The van der Waals surface area contributed by atoms with Gasteiger partial charge in [0.25, 0.3) is 0 Å². The molecule has 0 radical (unpaired) electrons. The molecule has 0 amide bonds. The van der Waals surface area contributed by atoms with E-state index in [1.54, 1.807) is 5.38 Å². The first-order valence-electron chi connectivity index (χ1n) is 5.31. The predicted molar refractivity (Wildman–Crippen MR) is 69.5 cm³/mol. The second kappa shape index (κ2) is 5.65. The number of benzene rings is 1. The molecule has 0 spiro atoms. The van der Waals surface area contributed by atoms with E-state index >= 15 is 0 Å². The number of aromatic nitrogens is 1. The van der Waals surface area contributed by atoms with Crippen molar-refractivity contribution in [3.63, 3.8) is 0 Å². The number of rotatable bonds is 5. The van der Waals surface area contributed by atoms with E-state index in [4.69, 9.17) is 5.11 Å². The van der Waals surface area contributed by atoms with Gasteiger partial charge in [-0.1, -0.05) is 0 Å². The third-order valence-corrected chi connectivity index (χ3v) is 4.58. The van der Waals surface area contributed by atoms with Crippen LogP contribution in [-0.2, 0) is 16.6 Å². The molecule has 0 aliphatic rings. The van der Waals surface area contributed by atoms with Crippen LogP contribution in [0.2, 0.25) is 0 Å². The van der Waals surface area contributed by atoms with Gasteiger partial charge in [-0.25, -0.2) is 27.3 Å². The molecule has 0 fully saturated rings. The molecule has 0 saturated heterocycles. The fraction of sp³-hybridized carbons (Fsp3) is 0.0909. The summed E-state index contributed by atoms with van der Waals surface area (Å²) in [5.41, 5.74) is -0.318. The maximum Gasteiger partial charge on any atom is 0.335 e. The Hall–Kier alpha value is -1.84. The molecule has 9 heteroatoms. The number of nitrogens with zero attached hydrogens (tertiary/aromatic N) is 1. The molecule has 1 aromatic heterocycles. The van der Waals surface area contributed by atoms with Crippen LogP contribution >= 0.6 is 11.3 Å². The number of aromatic carboxylic acids is 1. The lowest BCUT2D eigenvalue weighted by atomic mass is 10.2. The SMILES string of the molecule is O=C(O)c1ccc(S(=O)(=O)NCc2nccs2)c(F)c1. The first kappa shape index (κ1) is 14.6. The smallest absolute Gasteiger partial charge is 0.335 e. The molecule has 20 heavy (non-hydrogen) atoms. The summed E-state index contributed by atoms with van der Waals surface area (Å²) in [7, 11) is -4.06. The number of thiazole rings is 1. The second-order valence-electron chi connectivity index (χ2n) is 3.70. The number of carboxylic acids is 1. The lowest BCUT2D eigenvalue weighted by molar-refractivity contribution is 0.0696. The zero-order chi connectivity index (χ0) is 14.8. The lowest BCUT2D eigenvalue weighted by Gasteiger charge is -2.07. The molecule has 6 nitrogen and oxygen atoms in total. The Labute approximate surface area is 118 Å². The van der Waals surface area contributed by atoms with Crippen molar-refractivity contribution in [2.75, 3.05) is 0 Å². The minimum Gasteiger partial charge on any atom is -0.478 e. The topological polar surface area (TPSA) is 96.4 Å². The van der Waals surface area contributed by atoms with E-state index in [0.29, 0.717) is 11.1 Å². The van der Waals surface area contributed by atoms with Crippen LogP contribution in [0.5, 0.6) is 0 Å². The Kier molecular flexibility index (Phi) is 4.12. The van der Waals surface area contributed by atoms with E-state index in [-0.39, 0.29) is 12.1 Å². The first-order valence-corrected chi connectivity index (χ1v) is 7.67. The first-order chi connectivity index (χ1) is 9.40. The van der Waals surface area contributed by atoms with Crippen LogP contribution in [0.4, 0.5) is 4.39 Å². The zero-order valence-corrected chi connectivity index (χ0v) is 11.5. The van der Waals surface area contributed by atoms with Crippen LogP contribution in [0, 0.1) is 5.82 Å². The Bertz CT molecular complexity index is 729. The summed E-state index contributed by atoms with van der Waals surface area (Å²) in [6.45, 7) is -0.0554. The third-order valence-electron chi connectivity index (χ3n) is 2.37. The van der Waals surface area contributed by atoms with Gasteiger partial charge in [0.2, 0.25) is 10.0 Å². The molecular weight excluding hydrogens is 307 g/mol. The van der Waals surface area contributed by atoms with Crippen molar-refractivity contribution in [2.45, 2.75) is 11.4 Å². The summed E-state index contributed by atoms with van der Waals surface area (Å²) in [6.07, 6.45) is 1.52. The van der Waals surface area contributed by atoms with E-state index in [1.165, 1.54) is 17.5 Å². The summed E-state index contributed by atoms with van der Waals surface area (Å²) in [6, 6.07) is 2.62. The Morgan fingerprint density at radius 1 is 1.45 bits per heavy atom. The molecule has 0 aliphatic heterocycles. The minimum atomic E-state index is -4.06. The highest BCUT2D eigenvalue weighted by Gasteiger charge is 2.20. The van der Waals surface area contributed by atoms with Crippen LogP contribution < -0.4 is 4.72 Å². The van der Waals surface area contributed by atoms with E-state index < -0.39 is 26.7 Å². The molecule has 0 aliphatic carbocycles. The largest absolute Gasteiger partial charge is 0.478 e. The Morgan fingerprint density at radius 3 is 2.75 bits per heavy atom. The monoisotopic (exact) mass is 316 g/mol. The average molecular weight is 316 g/mol. The molecule has 2 aromatic rings. The van der Waals surface area contributed by atoms with Crippen LogP contribution in [-0.4, -0.2) is 24.5 Å². The van der Waals surface area contributed by atoms with E-state index in [9.17, 15) is 17.6 Å². The Balaban J connectivity index is 2.23. The molecule has 2 N–H and O–H groups in total. The van der Waals surface area contributed by atoms with Crippen LogP contribution in [0.3, 0.4) is 0 Å². The van der Waals surface area contributed by atoms with Crippen molar-refractivity contribution in [3.05, 3.63) is 46.2 Å². The minimum absolute atomic E-state index is 0.0554. The highest BCUT2D eigenvalue weighted by molar-refractivity contribution is 7.89. The number of sulfonamides is 1. The number of halogens is 1. The van der Waals surface area contributed by atoms with Crippen LogP contribution in [0.25, 0.3) is 0 Å². The molecule has 0 unspecified atom stereocenters. The molecule has 2 rings (SSSR count). The maximum absolute atomic E-state index is 13.7. The van der Waals surface area contributed by atoms with Crippen molar-refractivity contribution >= 4 is 27.3 Å². The number of hydrogen-bond acceptors (Lipinski definition) is 5. The quantitative estimate of drug-likeness (QED) is 0.870. The molecule has 106 valence electrons. The average Bonchev–Trinajstić information content (AvgIpc) is 2.89. The van der Waals surface area contributed by atoms with Crippen LogP contribution in [0.1, 0.15) is 15.4 Å². The van der Waals surface area contributed by atoms with Gasteiger partial charge in [0, 0.05) is 11.6 Å². The number of carboxylic acid groups (broad SMARTS) is 1. The molecule has 1 heterocycles. The number of carbonyl (C=O) groups is 1. The zero-order valence-electron chi connectivity index (χ0n) is 9.91. The van der Waals surface area contributed by atoms with Gasteiger partial charge in [-0.3, -0.25) is 0 Å². The van der Waals surface area contributed by atoms with Gasteiger partial charge in [-0.2, -0.15) is 0 Å². The maximum atomic E-state index is 13.7. The van der Waals surface area contributed by atoms with Gasteiger partial charge >= 0.3 is 5.97 Å². The summed E-state index contributed by atoms with van der Waals surface area (Å²) in [4.78, 5) is 14.0. The van der Waals surface area contributed by atoms with Crippen molar-refractivity contribution in [2.24, 2.45) is 0 Å². The highest BCUT2D eigenvalue weighted by atomic mass is 32.2. The fourth-order valence-corrected chi connectivity index (χ4v) is 3.12. The molecule has 0 saturated carbocycles. The second-order valence-corrected chi connectivity index (χ2v) is 6.42. The predicted octanol–water partition coefficient (Wildman–Crippen LogP) is 1.46. The normalized spacial score (nSPS) is 11.4. The van der Waals surface area contributed by atoms with E-state index in [2.05, 4.69) is 9.71 Å². The summed E-state index contributed by atoms with van der Waals surface area (Å²) in [5.74, 6) is -2.44. The van der Waals surface area contributed by atoms with Crippen molar-refractivity contribution < 1.29 is 22.7 Å². The van der Waals surface area contributed by atoms with Gasteiger partial charge in [-0.15, -0.1) is 11.3 Å². The van der Waals surface area contributed by atoms with Gasteiger partial charge < -0.3 is 5.11 Å². The van der Waals surface area contributed by atoms with Gasteiger partial charge in [0.1, 0.15) is 15.7 Å². The summed E-state index contributed by atoms with van der Waals surface area (Å²) in [5, 5.41) is 10.9. The van der Waals surface area contributed by atoms with E-state index in [0.717, 1.165) is 12.1 Å². The highest BCUT2D eigenvalue weighted by Crippen LogP contribution is 2.16. The number of nitrogens with one attached hydrogen (secondary N) is 1. The molecule has 1 aromatic carbocycles. The standard InChI is InChI=1S/C11H9FN2O4S2/c12-8-5-7(11(15)16)1-2-9(8)20(17,18)14-6-10-13-3-4-19-10/h1-5,14H,6H2,(H,15,16).